The number of carbonyl (C=O) groups excluding carboxylic acids is 2. The number of aliphatic hydroxyl groups excluding tert-OH is 1. The quantitative estimate of drug-likeness (QED) is 0.501. The van der Waals surface area contributed by atoms with Gasteiger partial charge in [0.25, 0.3) is 0 Å². The van der Waals surface area contributed by atoms with Crippen molar-refractivity contribution in [3.63, 3.8) is 0 Å². The Morgan fingerprint density at radius 3 is 2.79 bits per heavy atom. The Labute approximate surface area is 82.9 Å². The summed E-state index contributed by atoms with van der Waals surface area (Å²) in [4.78, 5) is 22.8. The van der Waals surface area contributed by atoms with Crippen molar-refractivity contribution in [2.45, 2.75) is 32.4 Å². The van der Waals surface area contributed by atoms with Crippen molar-refractivity contribution in [1.29, 1.82) is 0 Å². The lowest BCUT2D eigenvalue weighted by Crippen LogP contribution is -2.53. The van der Waals surface area contributed by atoms with E-state index < -0.39 is 17.9 Å². The van der Waals surface area contributed by atoms with Crippen LogP contribution in [0.4, 0.5) is 0 Å². The first-order valence-electron chi connectivity index (χ1n) is 4.78. The Kier molecular flexibility index (Phi) is 3.46. The lowest BCUT2D eigenvalue weighted by molar-refractivity contribution is -0.142. The van der Waals surface area contributed by atoms with E-state index in [9.17, 15) is 14.7 Å². The zero-order valence-corrected chi connectivity index (χ0v) is 8.41. The van der Waals surface area contributed by atoms with Gasteiger partial charge in [-0.3, -0.25) is 9.59 Å². The first-order chi connectivity index (χ1) is 6.52. The van der Waals surface area contributed by atoms with E-state index >= 15 is 0 Å². The topological polar surface area (TPSA) is 78.4 Å². The molecule has 5 nitrogen and oxygen atoms in total. The number of hydrogen-bond donors (Lipinski definition) is 3. The Hall–Kier alpha value is -1.10. The molecule has 0 spiro atoms. The molecule has 0 aromatic carbocycles. The monoisotopic (exact) mass is 200 g/mol. The normalized spacial score (nSPS) is 27.3. The fourth-order valence-corrected chi connectivity index (χ4v) is 1.46. The maximum Gasteiger partial charge on any atom is 0.235 e. The number of amides is 2. The van der Waals surface area contributed by atoms with Gasteiger partial charge in [-0.2, -0.15) is 0 Å². The van der Waals surface area contributed by atoms with Gasteiger partial charge in [0.05, 0.1) is 6.10 Å². The van der Waals surface area contributed by atoms with E-state index in [0.717, 1.165) is 0 Å². The number of nitrogens with one attached hydrogen (secondary N) is 2. The molecule has 80 valence electrons. The van der Waals surface area contributed by atoms with Crippen LogP contribution >= 0.6 is 0 Å². The predicted molar refractivity (Wildman–Crippen MR) is 50.4 cm³/mol. The summed E-state index contributed by atoms with van der Waals surface area (Å²) in [6.45, 7) is 4.06. The summed E-state index contributed by atoms with van der Waals surface area (Å²) < 4.78 is 0. The average molecular weight is 200 g/mol. The molecule has 1 aliphatic rings. The van der Waals surface area contributed by atoms with Crippen molar-refractivity contribution in [3.8, 4) is 0 Å². The zero-order chi connectivity index (χ0) is 10.7. The van der Waals surface area contributed by atoms with Gasteiger partial charge in [0.2, 0.25) is 11.8 Å². The smallest absolute Gasteiger partial charge is 0.235 e. The van der Waals surface area contributed by atoms with Gasteiger partial charge in [0.15, 0.2) is 0 Å². The molecule has 0 aliphatic carbocycles. The molecule has 1 saturated heterocycles. The van der Waals surface area contributed by atoms with Crippen molar-refractivity contribution in [2.75, 3.05) is 6.54 Å². The largest absolute Gasteiger partial charge is 0.392 e. The van der Waals surface area contributed by atoms with Crippen molar-refractivity contribution >= 4 is 11.8 Å². The van der Waals surface area contributed by atoms with E-state index in [1.54, 1.807) is 0 Å². The molecule has 0 saturated carbocycles. The van der Waals surface area contributed by atoms with E-state index in [0.29, 0.717) is 13.0 Å². The van der Waals surface area contributed by atoms with Crippen LogP contribution in [0.5, 0.6) is 0 Å². The summed E-state index contributed by atoms with van der Waals surface area (Å²) in [6.07, 6.45) is -0.426. The Bertz CT molecular complexity index is 240. The van der Waals surface area contributed by atoms with E-state index in [1.807, 2.05) is 13.8 Å². The van der Waals surface area contributed by atoms with Crippen LogP contribution < -0.4 is 10.6 Å². The van der Waals surface area contributed by atoms with Gasteiger partial charge in [-0.1, -0.05) is 0 Å². The molecule has 0 aromatic rings. The van der Waals surface area contributed by atoms with Crippen LogP contribution in [0.15, 0.2) is 0 Å². The molecule has 0 aromatic heterocycles. The molecule has 1 aliphatic heterocycles. The Balaban J connectivity index is 2.63. The van der Waals surface area contributed by atoms with Crippen LogP contribution in [-0.4, -0.2) is 35.6 Å². The number of aliphatic hydroxyl groups is 1. The highest BCUT2D eigenvalue weighted by molar-refractivity contribution is 6.01. The van der Waals surface area contributed by atoms with Crippen molar-refractivity contribution in [1.82, 2.24) is 10.6 Å². The summed E-state index contributed by atoms with van der Waals surface area (Å²) in [5.41, 5.74) is 0. The van der Waals surface area contributed by atoms with Gasteiger partial charge in [0, 0.05) is 12.6 Å². The SMILES string of the molecule is CC(C)NC(=O)C1C(=O)NCCC1O. The summed E-state index contributed by atoms with van der Waals surface area (Å²) in [5.74, 6) is -1.74. The highest BCUT2D eigenvalue weighted by atomic mass is 16.3. The lowest BCUT2D eigenvalue weighted by Gasteiger charge is -2.26. The summed E-state index contributed by atoms with van der Waals surface area (Å²) in [5, 5.41) is 14.7. The van der Waals surface area contributed by atoms with Crippen LogP contribution in [0.25, 0.3) is 0 Å². The third-order valence-electron chi connectivity index (χ3n) is 2.12. The number of piperidine rings is 1. The van der Waals surface area contributed by atoms with Crippen molar-refractivity contribution in [3.05, 3.63) is 0 Å². The van der Waals surface area contributed by atoms with E-state index in [2.05, 4.69) is 10.6 Å². The molecule has 0 bridgehead atoms. The molecule has 5 heteroatoms. The lowest BCUT2D eigenvalue weighted by atomic mass is 9.94. The summed E-state index contributed by atoms with van der Waals surface area (Å²) in [6, 6.07) is -0.0237. The molecule has 3 N–H and O–H groups in total. The molecule has 14 heavy (non-hydrogen) atoms. The summed E-state index contributed by atoms with van der Waals surface area (Å²) >= 11 is 0. The first kappa shape index (κ1) is 11.0. The van der Waals surface area contributed by atoms with Crippen LogP contribution in [0.3, 0.4) is 0 Å². The minimum absolute atomic E-state index is 0.0237. The zero-order valence-electron chi connectivity index (χ0n) is 8.41. The van der Waals surface area contributed by atoms with E-state index in [-0.39, 0.29) is 11.9 Å². The molecule has 1 rings (SSSR count). The highest BCUT2D eigenvalue weighted by Gasteiger charge is 2.36. The minimum Gasteiger partial charge on any atom is -0.392 e. The molecule has 0 radical (unpaired) electrons. The second-order valence-electron chi connectivity index (χ2n) is 3.79. The molecule has 2 unspecified atom stereocenters. The third kappa shape index (κ3) is 2.45. The van der Waals surface area contributed by atoms with Crippen molar-refractivity contribution < 1.29 is 14.7 Å². The van der Waals surface area contributed by atoms with Crippen LogP contribution in [-0.2, 0) is 9.59 Å². The van der Waals surface area contributed by atoms with Gasteiger partial charge >= 0.3 is 0 Å². The van der Waals surface area contributed by atoms with Gasteiger partial charge in [-0.15, -0.1) is 0 Å². The van der Waals surface area contributed by atoms with E-state index in [4.69, 9.17) is 0 Å². The molecular weight excluding hydrogens is 184 g/mol. The first-order valence-corrected chi connectivity index (χ1v) is 4.78. The average Bonchev–Trinajstić information content (AvgIpc) is 2.01. The van der Waals surface area contributed by atoms with Gasteiger partial charge in [-0.25, -0.2) is 0 Å². The fourth-order valence-electron chi connectivity index (χ4n) is 1.46. The molecule has 2 atom stereocenters. The van der Waals surface area contributed by atoms with Gasteiger partial charge in [-0.05, 0) is 20.3 Å². The second-order valence-corrected chi connectivity index (χ2v) is 3.79. The van der Waals surface area contributed by atoms with Gasteiger partial charge in [0.1, 0.15) is 5.92 Å². The highest BCUT2D eigenvalue weighted by Crippen LogP contribution is 2.12. The Morgan fingerprint density at radius 2 is 2.29 bits per heavy atom. The molecule has 1 fully saturated rings. The summed E-state index contributed by atoms with van der Waals surface area (Å²) in [7, 11) is 0. The number of hydrogen-bond acceptors (Lipinski definition) is 3. The fraction of sp³-hybridized carbons (Fsp3) is 0.778. The van der Waals surface area contributed by atoms with Crippen LogP contribution in [0.1, 0.15) is 20.3 Å². The van der Waals surface area contributed by atoms with E-state index in [1.165, 1.54) is 0 Å². The van der Waals surface area contributed by atoms with Crippen LogP contribution in [0.2, 0.25) is 0 Å². The maximum absolute atomic E-state index is 11.5. The molecule has 1 heterocycles. The molecule has 2 amide bonds. The third-order valence-corrected chi connectivity index (χ3v) is 2.12. The predicted octanol–water partition coefficient (Wildman–Crippen LogP) is -0.992. The van der Waals surface area contributed by atoms with Crippen LogP contribution in [0, 0.1) is 5.92 Å². The number of carbonyl (C=O) groups is 2. The standard InChI is InChI=1S/C9H16N2O3/c1-5(2)11-9(14)7-6(12)3-4-10-8(7)13/h5-7,12H,3-4H2,1-2H3,(H,10,13)(H,11,14). The maximum atomic E-state index is 11.5. The molecular formula is C9H16N2O3. The second kappa shape index (κ2) is 4.41. The number of rotatable bonds is 2. The van der Waals surface area contributed by atoms with Crippen molar-refractivity contribution in [2.24, 2.45) is 5.92 Å². The Morgan fingerprint density at radius 1 is 1.64 bits per heavy atom. The minimum atomic E-state index is -0.953. The van der Waals surface area contributed by atoms with Gasteiger partial charge < -0.3 is 15.7 Å².